The second-order valence-corrected chi connectivity index (χ2v) is 7.66. The van der Waals surface area contributed by atoms with Crippen LogP contribution in [0.15, 0.2) is 28.7 Å². The summed E-state index contributed by atoms with van der Waals surface area (Å²) in [6.07, 6.45) is 1.59. The van der Waals surface area contributed by atoms with Crippen molar-refractivity contribution in [3.63, 3.8) is 0 Å². The third-order valence-electron chi connectivity index (χ3n) is 5.82. The van der Waals surface area contributed by atoms with Crippen LogP contribution in [0.1, 0.15) is 43.0 Å². The SMILES string of the molecule is C[C@]12CC[C@@H]3N(C(=O)c4ccc(Br)cc4)C(=O)O[C@@]31CCC2=O. The molecule has 1 aromatic rings. The largest absolute Gasteiger partial charge is 0.439 e. The number of amides is 2. The molecule has 5 nitrogen and oxygen atoms in total. The maximum atomic E-state index is 12.8. The molecule has 0 bridgehead atoms. The molecule has 1 saturated heterocycles. The van der Waals surface area contributed by atoms with E-state index in [1.165, 1.54) is 4.90 Å². The summed E-state index contributed by atoms with van der Waals surface area (Å²) in [5, 5.41) is 0. The van der Waals surface area contributed by atoms with Gasteiger partial charge in [0.05, 0.1) is 11.5 Å². The number of hydrogen-bond acceptors (Lipinski definition) is 4. The first-order chi connectivity index (χ1) is 10.9. The molecule has 0 aromatic heterocycles. The summed E-state index contributed by atoms with van der Waals surface area (Å²) >= 11 is 3.33. The number of hydrogen-bond donors (Lipinski definition) is 0. The van der Waals surface area contributed by atoms with Crippen molar-refractivity contribution in [1.82, 2.24) is 4.90 Å². The Morgan fingerprint density at radius 1 is 1.26 bits per heavy atom. The molecule has 120 valence electrons. The molecule has 0 radical (unpaired) electrons. The number of rotatable bonds is 1. The Kier molecular flexibility index (Phi) is 3.01. The van der Waals surface area contributed by atoms with Gasteiger partial charge in [0.2, 0.25) is 0 Å². The molecule has 2 saturated carbocycles. The van der Waals surface area contributed by atoms with Crippen molar-refractivity contribution in [3.8, 4) is 0 Å². The minimum absolute atomic E-state index is 0.144. The molecule has 1 aromatic carbocycles. The molecule has 1 heterocycles. The highest BCUT2D eigenvalue weighted by molar-refractivity contribution is 9.10. The predicted octanol–water partition coefficient (Wildman–Crippen LogP) is 3.31. The van der Waals surface area contributed by atoms with E-state index in [0.717, 1.165) is 4.47 Å². The Morgan fingerprint density at radius 2 is 1.96 bits per heavy atom. The van der Waals surface area contributed by atoms with E-state index in [-0.39, 0.29) is 17.7 Å². The first kappa shape index (κ1) is 14.9. The summed E-state index contributed by atoms with van der Waals surface area (Å²) in [7, 11) is 0. The van der Waals surface area contributed by atoms with Gasteiger partial charge in [-0.1, -0.05) is 15.9 Å². The maximum absolute atomic E-state index is 12.8. The topological polar surface area (TPSA) is 63.7 Å². The summed E-state index contributed by atoms with van der Waals surface area (Å²) in [5.74, 6) is -0.210. The maximum Gasteiger partial charge on any atom is 0.417 e. The fourth-order valence-corrected chi connectivity index (χ4v) is 4.75. The Bertz CT molecular complexity index is 731. The molecular weight excluding hydrogens is 362 g/mol. The van der Waals surface area contributed by atoms with Gasteiger partial charge in [-0.05, 0) is 50.5 Å². The van der Waals surface area contributed by atoms with Crippen LogP contribution in [0.25, 0.3) is 0 Å². The minimum atomic E-state index is -0.827. The van der Waals surface area contributed by atoms with Crippen LogP contribution in [-0.4, -0.2) is 34.3 Å². The second-order valence-electron chi connectivity index (χ2n) is 6.75. The van der Waals surface area contributed by atoms with Crippen molar-refractivity contribution < 1.29 is 19.1 Å². The Hall–Kier alpha value is -1.69. The van der Waals surface area contributed by atoms with Crippen LogP contribution in [0.3, 0.4) is 0 Å². The molecule has 2 amide bonds. The Labute approximate surface area is 142 Å². The van der Waals surface area contributed by atoms with E-state index in [1.54, 1.807) is 24.3 Å². The van der Waals surface area contributed by atoms with Crippen molar-refractivity contribution >= 4 is 33.7 Å². The predicted molar refractivity (Wildman–Crippen MR) is 84.9 cm³/mol. The standard InChI is InChI=1S/C17H16BrNO4/c1-16-8-6-12-17(16,9-7-13(16)20)23-15(22)19(12)14(21)10-2-4-11(18)5-3-10/h2-5,12H,6-9H2,1H3/t12-,16+,17-/m0/s1. The zero-order valence-corrected chi connectivity index (χ0v) is 14.3. The van der Waals surface area contributed by atoms with E-state index in [1.807, 2.05) is 6.92 Å². The van der Waals surface area contributed by atoms with Gasteiger partial charge in [-0.3, -0.25) is 9.59 Å². The number of carbonyl (C=O) groups excluding carboxylic acids is 3. The van der Waals surface area contributed by atoms with Gasteiger partial charge in [-0.2, -0.15) is 0 Å². The number of nitrogens with zero attached hydrogens (tertiary/aromatic N) is 1. The monoisotopic (exact) mass is 377 g/mol. The van der Waals surface area contributed by atoms with E-state index < -0.39 is 17.1 Å². The third-order valence-corrected chi connectivity index (χ3v) is 6.35. The molecule has 3 aliphatic rings. The number of benzene rings is 1. The van der Waals surface area contributed by atoms with Gasteiger partial charge < -0.3 is 4.74 Å². The van der Waals surface area contributed by atoms with Gasteiger partial charge in [0.1, 0.15) is 11.4 Å². The summed E-state index contributed by atoms with van der Waals surface area (Å²) in [6.45, 7) is 1.88. The molecular formula is C17H16BrNO4. The highest BCUT2D eigenvalue weighted by atomic mass is 79.9. The molecule has 6 heteroatoms. The third kappa shape index (κ3) is 1.75. The van der Waals surface area contributed by atoms with Gasteiger partial charge in [0.25, 0.3) is 5.91 Å². The van der Waals surface area contributed by atoms with Crippen molar-refractivity contribution in [3.05, 3.63) is 34.3 Å². The number of carbonyl (C=O) groups is 3. The van der Waals surface area contributed by atoms with Gasteiger partial charge >= 0.3 is 6.09 Å². The molecule has 3 fully saturated rings. The van der Waals surface area contributed by atoms with Crippen LogP contribution in [0.5, 0.6) is 0 Å². The van der Waals surface area contributed by atoms with Gasteiger partial charge in [0.15, 0.2) is 0 Å². The first-order valence-corrected chi connectivity index (χ1v) is 8.54. The molecule has 4 rings (SSSR count). The van der Waals surface area contributed by atoms with Crippen LogP contribution in [0, 0.1) is 5.41 Å². The van der Waals surface area contributed by atoms with E-state index in [4.69, 9.17) is 4.74 Å². The smallest absolute Gasteiger partial charge is 0.417 e. The van der Waals surface area contributed by atoms with Gasteiger partial charge in [0, 0.05) is 16.5 Å². The van der Waals surface area contributed by atoms with Crippen molar-refractivity contribution in [2.45, 2.75) is 44.2 Å². The lowest BCUT2D eigenvalue weighted by molar-refractivity contribution is -0.130. The number of ketones is 1. The zero-order chi connectivity index (χ0) is 16.4. The zero-order valence-electron chi connectivity index (χ0n) is 12.7. The Balaban J connectivity index is 1.72. The molecule has 3 atom stereocenters. The van der Waals surface area contributed by atoms with Crippen molar-refractivity contribution in [2.24, 2.45) is 5.41 Å². The molecule has 1 spiro atoms. The second kappa shape index (κ2) is 4.66. The van der Waals surface area contributed by atoms with Crippen LogP contribution in [0.2, 0.25) is 0 Å². The average molecular weight is 378 g/mol. The molecule has 23 heavy (non-hydrogen) atoms. The normalized spacial score (nSPS) is 35.2. The van der Waals surface area contributed by atoms with E-state index in [0.29, 0.717) is 31.2 Å². The van der Waals surface area contributed by atoms with Crippen LogP contribution in [-0.2, 0) is 9.53 Å². The van der Waals surface area contributed by atoms with Crippen molar-refractivity contribution in [2.75, 3.05) is 0 Å². The van der Waals surface area contributed by atoms with Crippen LogP contribution in [0.4, 0.5) is 4.79 Å². The number of imide groups is 1. The summed E-state index contributed by atoms with van der Waals surface area (Å²) in [6, 6.07) is 6.55. The number of Topliss-reactive ketones (excluding diaryl/α,β-unsaturated/α-hetero) is 1. The highest BCUT2D eigenvalue weighted by Gasteiger charge is 2.73. The molecule has 2 aliphatic carbocycles. The first-order valence-electron chi connectivity index (χ1n) is 7.74. The summed E-state index contributed by atoms with van der Waals surface area (Å²) in [5.41, 5.74) is -1.03. The summed E-state index contributed by atoms with van der Waals surface area (Å²) < 4.78 is 6.55. The van der Waals surface area contributed by atoms with E-state index in [9.17, 15) is 14.4 Å². The lowest BCUT2D eigenvalue weighted by atomic mass is 9.77. The Morgan fingerprint density at radius 3 is 2.65 bits per heavy atom. The average Bonchev–Trinajstić information content (AvgIpc) is 3.05. The minimum Gasteiger partial charge on any atom is -0.439 e. The molecule has 1 aliphatic heterocycles. The van der Waals surface area contributed by atoms with Crippen LogP contribution >= 0.6 is 15.9 Å². The van der Waals surface area contributed by atoms with Gasteiger partial charge in [-0.25, -0.2) is 9.69 Å². The van der Waals surface area contributed by atoms with Gasteiger partial charge in [-0.15, -0.1) is 0 Å². The van der Waals surface area contributed by atoms with Crippen molar-refractivity contribution in [1.29, 1.82) is 0 Å². The fourth-order valence-electron chi connectivity index (χ4n) is 4.49. The number of halogens is 1. The number of ether oxygens (including phenoxy) is 1. The fraction of sp³-hybridized carbons (Fsp3) is 0.471. The molecule has 0 N–H and O–H groups in total. The lowest BCUT2D eigenvalue weighted by Crippen LogP contribution is -2.49. The van der Waals surface area contributed by atoms with E-state index >= 15 is 0 Å². The summed E-state index contributed by atoms with van der Waals surface area (Å²) in [4.78, 5) is 38.8. The quantitative estimate of drug-likeness (QED) is 0.752. The highest BCUT2D eigenvalue weighted by Crippen LogP contribution is 2.61. The lowest BCUT2D eigenvalue weighted by Gasteiger charge is -2.33. The van der Waals surface area contributed by atoms with E-state index in [2.05, 4.69) is 15.9 Å². The van der Waals surface area contributed by atoms with Crippen LogP contribution < -0.4 is 0 Å². The molecule has 0 unspecified atom stereocenters.